The van der Waals surface area contributed by atoms with Crippen LogP contribution < -0.4 is 0 Å². The van der Waals surface area contributed by atoms with Gasteiger partial charge in [-0.1, -0.05) is 53.5 Å². The summed E-state index contributed by atoms with van der Waals surface area (Å²) in [4.78, 5) is 17.4. The maximum Gasteiger partial charge on any atom is 0.469 e. The first-order valence-electron chi connectivity index (χ1n) is 11.3. The summed E-state index contributed by atoms with van der Waals surface area (Å²) in [5, 5.41) is 0. The molecule has 4 nitrogen and oxygen atoms in total. The highest BCUT2D eigenvalue weighted by Crippen LogP contribution is 2.36. The number of hydrogen-bond donors (Lipinski definition) is 2. The molecule has 30 heavy (non-hydrogen) atoms. The second kappa shape index (κ2) is 16.7. The average molecular weight is 441 g/mol. The Morgan fingerprint density at radius 3 is 1.63 bits per heavy atom. The molecular formula is C25H45O4P. The average Bonchev–Trinajstić information content (AvgIpc) is 2.60. The topological polar surface area (TPSA) is 66.8 Å². The summed E-state index contributed by atoms with van der Waals surface area (Å²) in [6.45, 7) is 13.2. The van der Waals surface area contributed by atoms with Gasteiger partial charge < -0.3 is 9.79 Å². The Hall–Kier alpha value is -0.930. The van der Waals surface area contributed by atoms with Gasteiger partial charge in [-0.05, 0) is 98.3 Å². The third kappa shape index (κ3) is 20.3. The van der Waals surface area contributed by atoms with Crippen LogP contribution in [0.1, 0.15) is 99.3 Å². The fraction of sp³-hybridized carbons (Fsp3) is 0.680. The lowest BCUT2D eigenvalue weighted by atomic mass is 10.0. The smallest absolute Gasteiger partial charge is 0.303 e. The highest BCUT2D eigenvalue weighted by atomic mass is 31.2. The van der Waals surface area contributed by atoms with Crippen LogP contribution in [0, 0.1) is 5.92 Å². The van der Waals surface area contributed by atoms with Gasteiger partial charge in [0.15, 0.2) is 0 Å². The van der Waals surface area contributed by atoms with Crippen molar-refractivity contribution in [1.29, 1.82) is 0 Å². The molecule has 0 saturated carbocycles. The van der Waals surface area contributed by atoms with Crippen LogP contribution in [-0.4, -0.2) is 16.4 Å². The fourth-order valence-corrected chi connectivity index (χ4v) is 3.46. The van der Waals surface area contributed by atoms with Gasteiger partial charge in [-0.15, -0.1) is 0 Å². The first-order chi connectivity index (χ1) is 14.0. The Labute approximate surface area is 185 Å². The minimum atomic E-state index is -4.33. The van der Waals surface area contributed by atoms with Gasteiger partial charge in [-0.3, -0.25) is 4.52 Å². The van der Waals surface area contributed by atoms with Crippen molar-refractivity contribution in [1.82, 2.24) is 0 Å². The zero-order valence-electron chi connectivity index (χ0n) is 20.1. The van der Waals surface area contributed by atoms with Crippen LogP contribution in [0.4, 0.5) is 0 Å². The second-order valence-electron chi connectivity index (χ2n) is 8.84. The minimum absolute atomic E-state index is 0.113. The zero-order valence-corrected chi connectivity index (χ0v) is 21.0. The molecule has 1 unspecified atom stereocenters. The summed E-state index contributed by atoms with van der Waals surface area (Å²) in [7, 11) is -4.33. The van der Waals surface area contributed by atoms with Gasteiger partial charge in [-0.25, -0.2) is 4.57 Å². The summed E-state index contributed by atoms with van der Waals surface area (Å²) in [6.07, 6.45) is 18.8. The van der Waals surface area contributed by atoms with Crippen LogP contribution in [0.15, 0.2) is 46.6 Å². The number of phosphoric acid groups is 1. The molecule has 0 radical (unpaired) electrons. The third-order valence-corrected chi connectivity index (χ3v) is 5.70. The van der Waals surface area contributed by atoms with Crippen molar-refractivity contribution in [3.8, 4) is 0 Å². The minimum Gasteiger partial charge on any atom is -0.303 e. The predicted octanol–water partition coefficient (Wildman–Crippen LogP) is 8.05. The zero-order chi connectivity index (χ0) is 23.0. The highest BCUT2D eigenvalue weighted by molar-refractivity contribution is 7.46. The van der Waals surface area contributed by atoms with Crippen molar-refractivity contribution in [2.24, 2.45) is 5.92 Å². The molecule has 2 N–H and O–H groups in total. The molecule has 174 valence electrons. The molecule has 0 aliphatic rings. The maximum atomic E-state index is 10.7. The van der Waals surface area contributed by atoms with Gasteiger partial charge in [-0.2, -0.15) is 0 Å². The summed E-state index contributed by atoms with van der Waals surface area (Å²) < 4.78 is 15.2. The SMILES string of the molecule is CC(C)=CCC/C(C)=C/CC/C(C)=C/CC/C(C)=C\CCC(C)CCOP(=O)(O)O. The van der Waals surface area contributed by atoms with E-state index in [0.717, 1.165) is 51.4 Å². The van der Waals surface area contributed by atoms with E-state index in [1.54, 1.807) is 0 Å². The second-order valence-corrected chi connectivity index (χ2v) is 10.1. The lowest BCUT2D eigenvalue weighted by Gasteiger charge is -2.11. The van der Waals surface area contributed by atoms with Crippen molar-refractivity contribution < 1.29 is 18.9 Å². The normalized spacial score (nSPS) is 14.7. The van der Waals surface area contributed by atoms with Gasteiger partial charge in [0.1, 0.15) is 0 Å². The highest BCUT2D eigenvalue weighted by Gasteiger charge is 2.13. The van der Waals surface area contributed by atoms with E-state index >= 15 is 0 Å². The Morgan fingerprint density at radius 1 is 0.767 bits per heavy atom. The molecule has 0 aromatic heterocycles. The van der Waals surface area contributed by atoms with E-state index in [2.05, 4.69) is 70.4 Å². The molecule has 0 rings (SSSR count). The Kier molecular flexibility index (Phi) is 16.2. The van der Waals surface area contributed by atoms with Gasteiger partial charge in [0.2, 0.25) is 0 Å². The Morgan fingerprint density at radius 2 is 1.20 bits per heavy atom. The first kappa shape index (κ1) is 29.1. The summed E-state index contributed by atoms with van der Waals surface area (Å²) in [5.74, 6) is 0.390. The molecule has 0 amide bonds. The monoisotopic (exact) mass is 440 g/mol. The number of hydrogen-bond acceptors (Lipinski definition) is 2. The molecule has 0 aliphatic heterocycles. The number of rotatable bonds is 16. The molecule has 0 spiro atoms. The predicted molar refractivity (Wildman–Crippen MR) is 129 cm³/mol. The van der Waals surface area contributed by atoms with Crippen molar-refractivity contribution in [2.75, 3.05) is 6.61 Å². The van der Waals surface area contributed by atoms with E-state index in [1.807, 2.05) is 0 Å². The molecule has 5 heteroatoms. The molecule has 0 heterocycles. The quantitative estimate of drug-likeness (QED) is 0.188. The molecular weight excluding hydrogens is 395 g/mol. The van der Waals surface area contributed by atoms with Gasteiger partial charge >= 0.3 is 7.82 Å². The van der Waals surface area contributed by atoms with Crippen LogP contribution in [-0.2, 0) is 9.09 Å². The van der Waals surface area contributed by atoms with Crippen LogP contribution in [0.25, 0.3) is 0 Å². The molecule has 0 fully saturated rings. The van der Waals surface area contributed by atoms with E-state index in [9.17, 15) is 4.57 Å². The summed E-state index contributed by atoms with van der Waals surface area (Å²) >= 11 is 0. The van der Waals surface area contributed by atoms with E-state index in [-0.39, 0.29) is 6.61 Å². The molecule has 0 saturated heterocycles. The number of allylic oxidation sites excluding steroid dienone is 8. The van der Waals surface area contributed by atoms with Crippen molar-refractivity contribution in [2.45, 2.75) is 99.3 Å². The van der Waals surface area contributed by atoms with E-state index in [4.69, 9.17) is 9.79 Å². The van der Waals surface area contributed by atoms with E-state index in [1.165, 1.54) is 22.3 Å². The van der Waals surface area contributed by atoms with Crippen molar-refractivity contribution in [3.63, 3.8) is 0 Å². The van der Waals surface area contributed by atoms with Crippen LogP contribution >= 0.6 is 7.82 Å². The fourth-order valence-electron chi connectivity index (χ4n) is 3.12. The van der Waals surface area contributed by atoms with Crippen LogP contribution in [0.2, 0.25) is 0 Å². The standard InChI is InChI=1S/C25H45O4P/c1-21(2)11-7-12-22(3)13-8-14-23(4)15-9-16-24(5)17-10-18-25(6)19-20-29-30(26,27)28/h11,13,15,17,25H,7-10,12,14,16,18-20H2,1-6H3,(H2,26,27,28)/b22-13+,23-15+,24-17-. The molecule has 0 aromatic carbocycles. The van der Waals surface area contributed by atoms with Crippen molar-refractivity contribution >= 4 is 7.82 Å². The maximum absolute atomic E-state index is 10.7. The molecule has 1 atom stereocenters. The largest absolute Gasteiger partial charge is 0.469 e. The van der Waals surface area contributed by atoms with E-state index < -0.39 is 7.82 Å². The number of phosphoric ester groups is 1. The molecule has 0 bridgehead atoms. The molecule has 0 aliphatic carbocycles. The Bertz CT molecular complexity index is 634. The van der Waals surface area contributed by atoms with Gasteiger partial charge in [0, 0.05) is 0 Å². The Balaban J connectivity index is 4.00. The van der Waals surface area contributed by atoms with Crippen molar-refractivity contribution in [3.05, 3.63) is 46.6 Å². The van der Waals surface area contributed by atoms with Crippen LogP contribution in [0.3, 0.4) is 0 Å². The lowest BCUT2D eigenvalue weighted by Crippen LogP contribution is -2.00. The first-order valence-corrected chi connectivity index (χ1v) is 12.8. The van der Waals surface area contributed by atoms with Gasteiger partial charge in [0.05, 0.1) is 6.61 Å². The third-order valence-electron chi connectivity index (χ3n) is 5.18. The molecule has 0 aromatic rings. The van der Waals surface area contributed by atoms with Gasteiger partial charge in [0.25, 0.3) is 0 Å². The summed E-state index contributed by atoms with van der Waals surface area (Å²) in [6, 6.07) is 0. The summed E-state index contributed by atoms with van der Waals surface area (Å²) in [5.41, 5.74) is 5.76. The van der Waals surface area contributed by atoms with Crippen LogP contribution in [0.5, 0.6) is 0 Å². The lowest BCUT2D eigenvalue weighted by molar-refractivity contribution is 0.185. The van der Waals surface area contributed by atoms with E-state index in [0.29, 0.717) is 12.3 Å².